The molecule has 0 aromatic heterocycles. The van der Waals surface area contributed by atoms with Crippen LogP contribution in [0.15, 0.2) is 24.3 Å². The zero-order chi connectivity index (χ0) is 14.9. The number of likely N-dealkylation sites (tertiary alicyclic amines) is 1. The minimum Gasteiger partial charge on any atom is -0.356 e. The first-order valence-electron chi connectivity index (χ1n) is 7.35. The summed E-state index contributed by atoms with van der Waals surface area (Å²) in [6.45, 7) is 2.15. The first-order valence-corrected chi connectivity index (χ1v) is 7.35. The third-order valence-electron chi connectivity index (χ3n) is 4.64. The lowest BCUT2D eigenvalue weighted by Crippen LogP contribution is -2.44. The lowest BCUT2D eigenvalue weighted by Gasteiger charge is -2.38. The summed E-state index contributed by atoms with van der Waals surface area (Å²) in [5.74, 6) is -0.0839. The highest BCUT2D eigenvalue weighted by Crippen LogP contribution is 2.37. The Morgan fingerprint density at radius 3 is 2.48 bits per heavy atom. The first-order chi connectivity index (χ1) is 10.1. The third-order valence-corrected chi connectivity index (χ3v) is 4.64. The van der Waals surface area contributed by atoms with Crippen molar-refractivity contribution < 1.29 is 14.0 Å². The van der Waals surface area contributed by atoms with Crippen LogP contribution in [-0.2, 0) is 16.0 Å². The van der Waals surface area contributed by atoms with Gasteiger partial charge in [-0.05, 0) is 36.0 Å². The van der Waals surface area contributed by atoms with Crippen molar-refractivity contribution in [1.29, 1.82) is 0 Å². The fraction of sp³-hybridized carbons (Fsp3) is 0.500. The van der Waals surface area contributed by atoms with Gasteiger partial charge in [0.1, 0.15) is 5.82 Å². The molecule has 1 spiro atoms. The number of benzene rings is 1. The number of hydrogen-bond donors (Lipinski definition) is 1. The summed E-state index contributed by atoms with van der Waals surface area (Å²) in [7, 11) is 0. The number of carbonyl (C=O) groups excluding carboxylic acids is 2. The molecular weight excluding hydrogens is 271 g/mol. The van der Waals surface area contributed by atoms with Gasteiger partial charge in [0, 0.05) is 26.1 Å². The van der Waals surface area contributed by atoms with E-state index < -0.39 is 0 Å². The Labute approximate surface area is 123 Å². The van der Waals surface area contributed by atoms with Gasteiger partial charge in [-0.3, -0.25) is 9.59 Å². The summed E-state index contributed by atoms with van der Waals surface area (Å²) in [5.41, 5.74) is 0.892. The second kappa shape index (κ2) is 5.47. The number of hydrogen-bond acceptors (Lipinski definition) is 2. The van der Waals surface area contributed by atoms with E-state index in [1.165, 1.54) is 12.1 Å². The number of rotatable bonds is 2. The molecule has 112 valence electrons. The molecule has 0 saturated carbocycles. The number of halogens is 1. The van der Waals surface area contributed by atoms with Gasteiger partial charge in [0.25, 0.3) is 0 Å². The van der Waals surface area contributed by atoms with Crippen LogP contribution in [0.1, 0.15) is 24.8 Å². The van der Waals surface area contributed by atoms with Gasteiger partial charge in [0.15, 0.2) is 0 Å². The lowest BCUT2D eigenvalue weighted by molar-refractivity contribution is -0.132. The van der Waals surface area contributed by atoms with Gasteiger partial charge < -0.3 is 10.2 Å². The monoisotopic (exact) mass is 290 g/mol. The highest BCUT2D eigenvalue weighted by Gasteiger charge is 2.41. The largest absolute Gasteiger partial charge is 0.356 e. The minimum absolute atomic E-state index is 0.0593. The van der Waals surface area contributed by atoms with Crippen LogP contribution in [0.25, 0.3) is 0 Å². The van der Waals surface area contributed by atoms with Crippen molar-refractivity contribution in [3.05, 3.63) is 35.6 Å². The van der Waals surface area contributed by atoms with E-state index in [-0.39, 0.29) is 23.0 Å². The molecule has 0 atom stereocenters. The summed E-state index contributed by atoms with van der Waals surface area (Å²) in [4.78, 5) is 25.5. The summed E-state index contributed by atoms with van der Waals surface area (Å²) in [6.07, 6.45) is 2.65. The van der Waals surface area contributed by atoms with Crippen LogP contribution in [0.3, 0.4) is 0 Å². The van der Waals surface area contributed by atoms with Crippen molar-refractivity contribution in [3.8, 4) is 0 Å². The normalized spacial score (nSPS) is 20.6. The highest BCUT2D eigenvalue weighted by atomic mass is 19.1. The predicted molar refractivity (Wildman–Crippen MR) is 76.0 cm³/mol. The lowest BCUT2D eigenvalue weighted by atomic mass is 9.77. The molecule has 5 heteroatoms. The molecule has 2 aliphatic rings. The van der Waals surface area contributed by atoms with Crippen LogP contribution in [0, 0.1) is 11.2 Å². The Bertz CT molecular complexity index is 548. The van der Waals surface area contributed by atoms with Crippen LogP contribution in [-0.4, -0.2) is 36.3 Å². The highest BCUT2D eigenvalue weighted by molar-refractivity contribution is 5.80. The number of nitrogens with one attached hydrogen (secondary N) is 1. The number of nitrogens with zero attached hydrogens (tertiary/aromatic N) is 1. The van der Waals surface area contributed by atoms with Gasteiger partial charge in [-0.25, -0.2) is 4.39 Å². The Hall–Kier alpha value is -1.91. The topological polar surface area (TPSA) is 49.4 Å². The van der Waals surface area contributed by atoms with Gasteiger partial charge >= 0.3 is 0 Å². The molecule has 4 nitrogen and oxygen atoms in total. The van der Waals surface area contributed by atoms with Crippen molar-refractivity contribution in [2.24, 2.45) is 5.41 Å². The third kappa shape index (κ3) is 3.06. The van der Waals surface area contributed by atoms with Crippen molar-refractivity contribution in [1.82, 2.24) is 10.2 Å². The van der Waals surface area contributed by atoms with E-state index in [1.807, 2.05) is 4.90 Å². The molecule has 1 N–H and O–H groups in total. The van der Waals surface area contributed by atoms with Crippen LogP contribution in [0.5, 0.6) is 0 Å². The molecule has 2 aliphatic heterocycles. The molecule has 1 aromatic carbocycles. The summed E-state index contributed by atoms with van der Waals surface area (Å²) < 4.78 is 12.9. The van der Waals surface area contributed by atoms with E-state index in [0.717, 1.165) is 24.9 Å². The molecule has 2 saturated heterocycles. The van der Waals surface area contributed by atoms with E-state index in [1.54, 1.807) is 12.1 Å². The fourth-order valence-corrected chi connectivity index (χ4v) is 3.22. The van der Waals surface area contributed by atoms with Gasteiger partial charge in [-0.15, -0.1) is 0 Å². The second-order valence-corrected chi connectivity index (χ2v) is 6.14. The van der Waals surface area contributed by atoms with Crippen LogP contribution < -0.4 is 5.32 Å². The van der Waals surface area contributed by atoms with E-state index in [9.17, 15) is 14.0 Å². The first kappa shape index (κ1) is 14.0. The molecule has 1 aromatic rings. The zero-order valence-electron chi connectivity index (χ0n) is 11.9. The Morgan fingerprint density at radius 1 is 1.24 bits per heavy atom. The molecule has 2 heterocycles. The van der Waals surface area contributed by atoms with Crippen molar-refractivity contribution >= 4 is 11.8 Å². The maximum atomic E-state index is 12.9. The van der Waals surface area contributed by atoms with Gasteiger partial charge in [0.2, 0.25) is 11.8 Å². The van der Waals surface area contributed by atoms with Crippen molar-refractivity contribution in [2.75, 3.05) is 19.6 Å². The van der Waals surface area contributed by atoms with E-state index >= 15 is 0 Å². The molecule has 2 fully saturated rings. The average Bonchev–Trinajstić information content (AvgIpc) is 2.83. The standard InChI is InChI=1S/C16H19FN2O2/c17-13-3-1-12(2-4-13)9-15(21)19-7-5-16(6-8-19)10-14(20)18-11-16/h1-4H,5-11H2,(H,18,20). The second-order valence-electron chi connectivity index (χ2n) is 6.14. The van der Waals surface area contributed by atoms with E-state index in [2.05, 4.69) is 5.32 Å². The fourth-order valence-electron chi connectivity index (χ4n) is 3.22. The number of carbonyl (C=O) groups is 2. The molecular formula is C16H19FN2O2. The average molecular weight is 290 g/mol. The quantitative estimate of drug-likeness (QED) is 0.897. The Kier molecular flexibility index (Phi) is 3.66. The predicted octanol–water partition coefficient (Wildman–Crippen LogP) is 1.50. The van der Waals surface area contributed by atoms with Crippen LogP contribution >= 0.6 is 0 Å². The summed E-state index contributed by atoms with van der Waals surface area (Å²) >= 11 is 0. The Balaban J connectivity index is 1.55. The molecule has 0 radical (unpaired) electrons. The van der Waals surface area contributed by atoms with E-state index in [0.29, 0.717) is 25.9 Å². The summed E-state index contributed by atoms with van der Waals surface area (Å²) in [6, 6.07) is 6.06. The smallest absolute Gasteiger partial charge is 0.226 e. The summed E-state index contributed by atoms with van der Waals surface area (Å²) in [5, 5.41) is 2.89. The molecule has 0 unspecified atom stereocenters. The maximum Gasteiger partial charge on any atom is 0.226 e. The molecule has 2 amide bonds. The minimum atomic E-state index is -0.287. The Morgan fingerprint density at radius 2 is 1.90 bits per heavy atom. The van der Waals surface area contributed by atoms with Crippen molar-refractivity contribution in [2.45, 2.75) is 25.7 Å². The van der Waals surface area contributed by atoms with Crippen molar-refractivity contribution in [3.63, 3.8) is 0 Å². The number of amides is 2. The molecule has 21 heavy (non-hydrogen) atoms. The van der Waals surface area contributed by atoms with Gasteiger partial charge in [-0.1, -0.05) is 12.1 Å². The van der Waals surface area contributed by atoms with Crippen LogP contribution in [0.4, 0.5) is 4.39 Å². The maximum absolute atomic E-state index is 12.9. The van der Waals surface area contributed by atoms with Gasteiger partial charge in [-0.2, -0.15) is 0 Å². The SMILES string of the molecule is O=C1CC2(CCN(C(=O)Cc3ccc(F)cc3)CC2)CN1. The van der Waals surface area contributed by atoms with Crippen LogP contribution in [0.2, 0.25) is 0 Å². The van der Waals surface area contributed by atoms with Gasteiger partial charge in [0.05, 0.1) is 6.42 Å². The molecule has 0 bridgehead atoms. The molecule has 0 aliphatic carbocycles. The zero-order valence-corrected chi connectivity index (χ0v) is 11.9. The molecule has 3 rings (SSSR count). The number of piperidine rings is 1. The van der Waals surface area contributed by atoms with E-state index in [4.69, 9.17) is 0 Å².